The molecule has 230 valence electrons. The van der Waals surface area contributed by atoms with Gasteiger partial charge in [-0.05, 0) is 87.0 Å². The molecule has 0 radical (unpaired) electrons. The zero-order valence-electron chi connectivity index (χ0n) is 26.6. The molecule has 3 nitrogen and oxygen atoms in total. The van der Waals surface area contributed by atoms with Crippen LogP contribution < -0.4 is 0 Å². The van der Waals surface area contributed by atoms with Crippen LogP contribution in [0, 0.1) is 0 Å². The summed E-state index contributed by atoms with van der Waals surface area (Å²) < 4.78 is 6.07. The topological polar surface area (TPSA) is 38.9 Å². The van der Waals surface area contributed by atoms with Crippen LogP contribution >= 0.6 is 0 Å². The summed E-state index contributed by atoms with van der Waals surface area (Å²) in [5.41, 5.74) is 14.9. The Labute approximate surface area is 284 Å². The lowest BCUT2D eigenvalue weighted by Crippen LogP contribution is -1.91. The third-order valence-electron chi connectivity index (χ3n) is 9.16. The van der Waals surface area contributed by atoms with Crippen LogP contribution in [-0.2, 0) is 0 Å². The number of rotatable bonds is 6. The number of benzene rings is 7. The van der Waals surface area contributed by atoms with Crippen LogP contribution in [0.4, 0.5) is 0 Å². The lowest BCUT2D eigenvalue weighted by Gasteiger charge is -2.13. The van der Waals surface area contributed by atoms with Gasteiger partial charge in [-0.3, -0.25) is 0 Å². The summed E-state index contributed by atoms with van der Waals surface area (Å²) in [7, 11) is 0. The molecule has 0 unspecified atom stereocenters. The van der Waals surface area contributed by atoms with Gasteiger partial charge in [-0.25, -0.2) is 9.97 Å². The lowest BCUT2D eigenvalue weighted by molar-refractivity contribution is 0.620. The van der Waals surface area contributed by atoms with Crippen LogP contribution in [0.15, 0.2) is 186 Å². The number of nitrogens with zero attached hydrogens (tertiary/aromatic N) is 2. The van der Waals surface area contributed by atoms with Gasteiger partial charge in [-0.1, -0.05) is 140 Å². The van der Waals surface area contributed by atoms with Gasteiger partial charge >= 0.3 is 0 Å². The van der Waals surface area contributed by atoms with Crippen molar-refractivity contribution in [3.63, 3.8) is 0 Å². The molecule has 2 heterocycles. The molecule has 0 aliphatic rings. The Hall–Kier alpha value is -6.58. The predicted molar refractivity (Wildman–Crippen MR) is 202 cm³/mol. The van der Waals surface area contributed by atoms with Crippen LogP contribution in [0.3, 0.4) is 0 Å². The first-order valence-electron chi connectivity index (χ1n) is 16.5. The number of pyridine rings is 1. The average molecular weight is 627 g/mol. The molecular weight excluding hydrogens is 597 g/mol. The van der Waals surface area contributed by atoms with E-state index in [1.54, 1.807) is 0 Å². The second kappa shape index (κ2) is 12.2. The van der Waals surface area contributed by atoms with Crippen molar-refractivity contribution in [3.8, 4) is 67.2 Å². The summed E-state index contributed by atoms with van der Waals surface area (Å²) in [6.07, 6.45) is 0. The first kappa shape index (κ1) is 28.6. The highest BCUT2D eigenvalue weighted by molar-refractivity contribution is 5.99. The average Bonchev–Trinajstić information content (AvgIpc) is 3.63. The van der Waals surface area contributed by atoms with Crippen molar-refractivity contribution >= 4 is 22.0 Å². The van der Waals surface area contributed by atoms with Crippen molar-refractivity contribution in [2.75, 3.05) is 0 Å². The van der Waals surface area contributed by atoms with Crippen LogP contribution in [0.25, 0.3) is 89.2 Å². The molecule has 0 aliphatic heterocycles. The van der Waals surface area contributed by atoms with Gasteiger partial charge in [0.1, 0.15) is 5.52 Å². The number of aromatic nitrogens is 2. The lowest BCUT2D eigenvalue weighted by atomic mass is 9.94. The molecule has 0 bridgehead atoms. The van der Waals surface area contributed by atoms with E-state index in [4.69, 9.17) is 14.4 Å². The normalized spacial score (nSPS) is 11.3. The largest absolute Gasteiger partial charge is 0.436 e. The molecule has 0 saturated heterocycles. The van der Waals surface area contributed by atoms with Crippen LogP contribution in [0.5, 0.6) is 0 Å². The van der Waals surface area contributed by atoms with E-state index in [9.17, 15) is 0 Å². The highest BCUT2D eigenvalue weighted by Crippen LogP contribution is 2.37. The number of hydrogen-bond acceptors (Lipinski definition) is 3. The Balaban J connectivity index is 1.13. The molecule has 9 aromatic rings. The van der Waals surface area contributed by atoms with Crippen LogP contribution in [-0.4, -0.2) is 9.97 Å². The first-order chi connectivity index (χ1) is 24.2. The molecule has 0 spiro atoms. The quantitative estimate of drug-likeness (QED) is 0.184. The molecule has 7 aromatic carbocycles. The molecule has 3 heteroatoms. The Morgan fingerprint density at radius 1 is 0.327 bits per heavy atom. The SMILES string of the molecule is c1ccc(-c2ccc(-c3ccc4nc(-c5ccc(-c6ccccc6)cc5)cc(-c5ccc(-c6nc7ccccc7o6)cc5)c4c3)cc2)cc1. The summed E-state index contributed by atoms with van der Waals surface area (Å²) in [5, 5.41) is 1.10. The number of hydrogen-bond donors (Lipinski definition) is 0. The predicted octanol–water partition coefficient (Wildman–Crippen LogP) is 12.4. The Kier molecular flexibility index (Phi) is 7.14. The minimum Gasteiger partial charge on any atom is -0.436 e. The van der Waals surface area contributed by atoms with Crippen molar-refractivity contribution in [1.82, 2.24) is 9.97 Å². The molecule has 0 aliphatic carbocycles. The van der Waals surface area contributed by atoms with Gasteiger partial charge in [0.05, 0.1) is 11.2 Å². The van der Waals surface area contributed by atoms with E-state index in [-0.39, 0.29) is 0 Å². The summed E-state index contributed by atoms with van der Waals surface area (Å²) in [6.45, 7) is 0. The summed E-state index contributed by atoms with van der Waals surface area (Å²) in [4.78, 5) is 9.90. The van der Waals surface area contributed by atoms with E-state index < -0.39 is 0 Å². The molecule has 0 saturated carbocycles. The number of para-hydroxylation sites is 2. The molecule has 0 amide bonds. The van der Waals surface area contributed by atoms with Crippen molar-refractivity contribution < 1.29 is 4.42 Å². The van der Waals surface area contributed by atoms with E-state index >= 15 is 0 Å². The number of fused-ring (bicyclic) bond motifs is 2. The maximum absolute atomic E-state index is 6.07. The minimum absolute atomic E-state index is 0.618. The van der Waals surface area contributed by atoms with Crippen molar-refractivity contribution in [2.24, 2.45) is 0 Å². The highest BCUT2D eigenvalue weighted by atomic mass is 16.3. The van der Waals surface area contributed by atoms with Gasteiger partial charge in [-0.2, -0.15) is 0 Å². The van der Waals surface area contributed by atoms with E-state index in [1.807, 2.05) is 36.4 Å². The second-order valence-electron chi connectivity index (χ2n) is 12.2. The summed E-state index contributed by atoms with van der Waals surface area (Å²) in [6, 6.07) is 63.6. The van der Waals surface area contributed by atoms with Crippen molar-refractivity contribution in [1.29, 1.82) is 0 Å². The van der Waals surface area contributed by atoms with Crippen molar-refractivity contribution in [3.05, 3.63) is 182 Å². The molecule has 0 atom stereocenters. The third kappa shape index (κ3) is 5.58. The second-order valence-corrected chi connectivity index (χ2v) is 12.2. The fourth-order valence-electron chi connectivity index (χ4n) is 6.53. The van der Waals surface area contributed by atoms with E-state index in [1.165, 1.54) is 27.8 Å². The Bertz CT molecular complexity index is 2520. The Morgan fingerprint density at radius 3 is 1.45 bits per heavy atom. The van der Waals surface area contributed by atoms with E-state index in [2.05, 4.69) is 146 Å². The van der Waals surface area contributed by atoms with E-state index in [0.29, 0.717) is 5.89 Å². The van der Waals surface area contributed by atoms with Crippen LogP contribution in [0.2, 0.25) is 0 Å². The molecular formula is C46H30N2O. The van der Waals surface area contributed by atoms with Gasteiger partial charge in [0.2, 0.25) is 5.89 Å². The summed E-state index contributed by atoms with van der Waals surface area (Å²) >= 11 is 0. The van der Waals surface area contributed by atoms with Gasteiger partial charge < -0.3 is 4.42 Å². The zero-order valence-corrected chi connectivity index (χ0v) is 26.6. The van der Waals surface area contributed by atoms with Crippen LogP contribution in [0.1, 0.15) is 0 Å². The van der Waals surface area contributed by atoms with Gasteiger partial charge in [0.15, 0.2) is 5.58 Å². The smallest absolute Gasteiger partial charge is 0.227 e. The first-order valence-corrected chi connectivity index (χ1v) is 16.5. The maximum atomic E-state index is 6.07. The van der Waals surface area contributed by atoms with E-state index in [0.717, 1.165) is 55.5 Å². The monoisotopic (exact) mass is 626 g/mol. The maximum Gasteiger partial charge on any atom is 0.227 e. The standard InChI is InChI=1S/C46H30N2O/c1-3-9-31(10-4-1)33-15-17-35(18-16-33)39-27-28-42-41(29-39)40(30-44(47-42)37-23-19-34(20-24-37)32-11-5-2-6-12-32)36-21-25-38(26-22-36)46-48-43-13-7-8-14-45(43)49-46/h1-30H. The van der Waals surface area contributed by atoms with Gasteiger partial charge in [0, 0.05) is 16.5 Å². The molecule has 0 N–H and O–H groups in total. The molecule has 9 rings (SSSR count). The number of oxazole rings is 1. The fraction of sp³-hybridized carbons (Fsp3) is 0. The Morgan fingerprint density at radius 2 is 0.816 bits per heavy atom. The minimum atomic E-state index is 0.618. The zero-order chi connectivity index (χ0) is 32.6. The fourth-order valence-corrected chi connectivity index (χ4v) is 6.53. The third-order valence-corrected chi connectivity index (χ3v) is 9.16. The van der Waals surface area contributed by atoms with Gasteiger partial charge in [0.25, 0.3) is 0 Å². The molecule has 2 aromatic heterocycles. The van der Waals surface area contributed by atoms with Crippen molar-refractivity contribution in [2.45, 2.75) is 0 Å². The molecule has 49 heavy (non-hydrogen) atoms. The molecule has 0 fully saturated rings. The van der Waals surface area contributed by atoms with Gasteiger partial charge in [-0.15, -0.1) is 0 Å². The summed E-state index contributed by atoms with van der Waals surface area (Å²) in [5.74, 6) is 0.618. The highest BCUT2D eigenvalue weighted by Gasteiger charge is 2.14.